The molecular formula is C21H25N5OS. The molecule has 0 atom stereocenters. The number of carbonyl (C=O) groups excluding carboxylic acids is 1. The molecule has 0 spiro atoms. The van der Waals surface area contributed by atoms with Crippen LogP contribution in [0, 0.1) is 25.2 Å². The Kier molecular flexibility index (Phi) is 6.53. The van der Waals surface area contributed by atoms with Gasteiger partial charge in [0.25, 0.3) is 0 Å². The molecule has 0 bridgehead atoms. The molecule has 1 saturated carbocycles. The van der Waals surface area contributed by atoms with E-state index in [0.717, 1.165) is 40.6 Å². The Morgan fingerprint density at radius 2 is 2.07 bits per heavy atom. The van der Waals surface area contributed by atoms with E-state index in [1.165, 1.54) is 11.8 Å². The van der Waals surface area contributed by atoms with Gasteiger partial charge in [-0.3, -0.25) is 4.79 Å². The molecule has 0 unspecified atom stereocenters. The molecule has 2 aromatic rings. The maximum Gasteiger partial charge on any atom is 0.237 e. The van der Waals surface area contributed by atoms with Crippen molar-refractivity contribution in [2.75, 3.05) is 17.2 Å². The van der Waals surface area contributed by atoms with Gasteiger partial charge < -0.3 is 9.47 Å². The number of rotatable bonds is 9. The first-order valence-corrected chi connectivity index (χ1v) is 10.4. The average Bonchev–Trinajstić information content (AvgIpc) is 3.42. The van der Waals surface area contributed by atoms with Gasteiger partial charge in [-0.2, -0.15) is 5.26 Å². The maximum atomic E-state index is 13.0. The molecule has 146 valence electrons. The normalized spacial score (nSPS) is 13.2. The lowest BCUT2D eigenvalue weighted by Gasteiger charge is -2.22. The molecule has 7 heteroatoms. The molecular weight excluding hydrogens is 370 g/mol. The van der Waals surface area contributed by atoms with Crippen molar-refractivity contribution in [3.8, 4) is 6.07 Å². The predicted molar refractivity (Wildman–Crippen MR) is 111 cm³/mol. The number of amides is 1. The molecule has 1 aromatic heterocycles. The zero-order valence-corrected chi connectivity index (χ0v) is 17.2. The van der Waals surface area contributed by atoms with Crippen LogP contribution >= 0.6 is 11.8 Å². The van der Waals surface area contributed by atoms with Crippen molar-refractivity contribution in [1.82, 2.24) is 14.8 Å². The highest BCUT2D eigenvalue weighted by Gasteiger charge is 2.30. The van der Waals surface area contributed by atoms with Gasteiger partial charge in [-0.05, 0) is 49.9 Å². The fourth-order valence-corrected chi connectivity index (χ4v) is 4.05. The summed E-state index contributed by atoms with van der Waals surface area (Å²) in [5.74, 6) is 1.69. The summed E-state index contributed by atoms with van der Waals surface area (Å²) in [4.78, 5) is 14.7. The van der Waals surface area contributed by atoms with Crippen LogP contribution in [0.4, 0.5) is 5.69 Å². The molecule has 6 nitrogen and oxygen atoms in total. The second kappa shape index (κ2) is 9.07. The number of benzene rings is 1. The number of nitriles is 1. The quantitative estimate of drug-likeness (QED) is 0.474. The minimum absolute atomic E-state index is 0.0358. The van der Waals surface area contributed by atoms with Gasteiger partial charge in [-0.25, -0.2) is 0 Å². The first-order chi connectivity index (χ1) is 13.5. The van der Waals surface area contributed by atoms with E-state index < -0.39 is 0 Å². The van der Waals surface area contributed by atoms with Crippen LogP contribution in [0.3, 0.4) is 0 Å². The van der Waals surface area contributed by atoms with Crippen LogP contribution < -0.4 is 4.90 Å². The van der Waals surface area contributed by atoms with Gasteiger partial charge in [0.15, 0.2) is 5.16 Å². The monoisotopic (exact) mass is 395 g/mol. The zero-order chi connectivity index (χ0) is 20.1. The first kappa shape index (κ1) is 20.2. The van der Waals surface area contributed by atoms with Gasteiger partial charge in [-0.15, -0.1) is 16.8 Å². The Morgan fingerprint density at radius 3 is 2.68 bits per heavy atom. The second-order valence-electron chi connectivity index (χ2n) is 7.10. The number of aromatic nitrogens is 3. The van der Waals surface area contributed by atoms with E-state index in [0.29, 0.717) is 25.4 Å². The van der Waals surface area contributed by atoms with E-state index in [-0.39, 0.29) is 11.7 Å². The van der Waals surface area contributed by atoms with Crippen molar-refractivity contribution in [3.05, 3.63) is 47.8 Å². The van der Waals surface area contributed by atoms with Crippen LogP contribution in [0.2, 0.25) is 0 Å². The van der Waals surface area contributed by atoms with Crippen LogP contribution in [0.1, 0.15) is 42.1 Å². The number of nitrogens with zero attached hydrogens (tertiary/aromatic N) is 5. The van der Waals surface area contributed by atoms with Crippen LogP contribution in [0.15, 0.2) is 36.0 Å². The Hall–Kier alpha value is -2.59. The number of allylic oxidation sites excluding steroid dienone is 1. The van der Waals surface area contributed by atoms with Gasteiger partial charge in [0, 0.05) is 24.7 Å². The minimum atomic E-state index is -0.0358. The second-order valence-corrected chi connectivity index (χ2v) is 8.04. The van der Waals surface area contributed by atoms with E-state index >= 15 is 0 Å². The van der Waals surface area contributed by atoms with E-state index in [4.69, 9.17) is 5.26 Å². The van der Waals surface area contributed by atoms with Gasteiger partial charge in [0.05, 0.1) is 18.2 Å². The Balaban J connectivity index is 1.75. The van der Waals surface area contributed by atoms with Crippen LogP contribution in [-0.2, 0) is 11.3 Å². The van der Waals surface area contributed by atoms with E-state index in [9.17, 15) is 4.79 Å². The smallest absolute Gasteiger partial charge is 0.237 e. The zero-order valence-electron chi connectivity index (χ0n) is 16.4. The number of hydrogen-bond donors (Lipinski definition) is 0. The summed E-state index contributed by atoms with van der Waals surface area (Å²) < 4.78 is 2.05. The van der Waals surface area contributed by atoms with Crippen molar-refractivity contribution in [2.45, 2.75) is 50.7 Å². The molecule has 1 fully saturated rings. The van der Waals surface area contributed by atoms with Crippen molar-refractivity contribution in [3.63, 3.8) is 0 Å². The topological polar surface area (TPSA) is 74.8 Å². The lowest BCUT2D eigenvalue weighted by molar-refractivity contribution is -0.116. The lowest BCUT2D eigenvalue weighted by atomic mass is 10.1. The van der Waals surface area contributed by atoms with Crippen molar-refractivity contribution >= 4 is 23.4 Å². The predicted octanol–water partition coefficient (Wildman–Crippen LogP) is 4.00. The maximum absolute atomic E-state index is 13.0. The summed E-state index contributed by atoms with van der Waals surface area (Å²) in [6, 6.07) is 8.18. The van der Waals surface area contributed by atoms with E-state index in [1.54, 1.807) is 4.90 Å². The number of anilines is 1. The van der Waals surface area contributed by atoms with E-state index in [2.05, 4.69) is 33.5 Å². The molecule has 0 radical (unpaired) electrons. The van der Waals surface area contributed by atoms with Crippen LogP contribution in [0.5, 0.6) is 0 Å². The number of thioether (sulfide) groups is 1. The standard InChI is InChI=1S/C21H25N5OS/c1-4-9-26-20(17-6-7-17)23-24-21(26)28-14-19(27)25(10-5-8-22)18-12-15(2)11-16(3)13-18/h4,11-13,17H,1,5-7,9-10,14H2,2-3H3. The Bertz CT molecular complexity index is 890. The van der Waals surface area contributed by atoms with Crippen molar-refractivity contribution < 1.29 is 4.79 Å². The first-order valence-electron chi connectivity index (χ1n) is 9.46. The third-order valence-corrected chi connectivity index (χ3v) is 5.54. The SMILES string of the molecule is C=CCn1c(SCC(=O)N(CCC#N)c2cc(C)cc(C)c2)nnc1C1CC1. The molecule has 0 N–H and O–H groups in total. The van der Waals surface area contributed by atoms with Gasteiger partial charge in [0.2, 0.25) is 5.91 Å². The summed E-state index contributed by atoms with van der Waals surface area (Å²) in [7, 11) is 0. The Labute approximate surface area is 170 Å². The summed E-state index contributed by atoms with van der Waals surface area (Å²) in [5, 5.41) is 18.4. The Morgan fingerprint density at radius 1 is 1.36 bits per heavy atom. The highest BCUT2D eigenvalue weighted by Crippen LogP contribution is 2.40. The molecule has 1 heterocycles. The van der Waals surface area contributed by atoms with Gasteiger partial charge in [-0.1, -0.05) is 23.9 Å². The van der Waals surface area contributed by atoms with Crippen molar-refractivity contribution in [2.24, 2.45) is 0 Å². The molecule has 1 amide bonds. The lowest BCUT2D eigenvalue weighted by Crippen LogP contribution is -2.33. The minimum Gasteiger partial charge on any atom is -0.311 e. The molecule has 0 saturated heterocycles. The molecule has 1 aliphatic carbocycles. The summed E-state index contributed by atoms with van der Waals surface area (Å²) in [6.07, 6.45) is 4.42. The van der Waals surface area contributed by atoms with Gasteiger partial charge in [0.1, 0.15) is 5.82 Å². The number of aryl methyl sites for hydroxylation is 2. The summed E-state index contributed by atoms with van der Waals surface area (Å²) in [5.41, 5.74) is 3.03. The molecule has 28 heavy (non-hydrogen) atoms. The molecule has 0 aliphatic heterocycles. The highest BCUT2D eigenvalue weighted by atomic mass is 32.2. The average molecular weight is 396 g/mol. The summed E-state index contributed by atoms with van der Waals surface area (Å²) in [6.45, 7) is 8.86. The third-order valence-electron chi connectivity index (χ3n) is 4.59. The molecule has 1 aliphatic rings. The summed E-state index contributed by atoms with van der Waals surface area (Å²) >= 11 is 1.39. The fraction of sp³-hybridized carbons (Fsp3) is 0.429. The highest BCUT2D eigenvalue weighted by molar-refractivity contribution is 7.99. The van der Waals surface area contributed by atoms with Crippen molar-refractivity contribution in [1.29, 1.82) is 5.26 Å². The molecule has 1 aromatic carbocycles. The van der Waals surface area contributed by atoms with Crippen LogP contribution in [0.25, 0.3) is 0 Å². The molecule has 3 rings (SSSR count). The van der Waals surface area contributed by atoms with Gasteiger partial charge >= 0.3 is 0 Å². The fourth-order valence-electron chi connectivity index (χ4n) is 3.22. The largest absolute Gasteiger partial charge is 0.311 e. The number of carbonyl (C=O) groups is 1. The van der Waals surface area contributed by atoms with E-state index in [1.807, 2.05) is 32.1 Å². The van der Waals surface area contributed by atoms with Crippen LogP contribution in [-0.4, -0.2) is 33.0 Å². The third kappa shape index (κ3) is 4.82. The number of hydrogen-bond acceptors (Lipinski definition) is 5.